The molecule has 0 saturated carbocycles. The molecule has 1 unspecified atom stereocenters. The van der Waals surface area contributed by atoms with E-state index < -0.39 is 0 Å². The van der Waals surface area contributed by atoms with E-state index in [4.69, 9.17) is 10.5 Å². The molecule has 0 aliphatic heterocycles. The summed E-state index contributed by atoms with van der Waals surface area (Å²) in [4.78, 5) is 0. The van der Waals surface area contributed by atoms with Crippen molar-refractivity contribution in [3.8, 4) is 11.5 Å². The van der Waals surface area contributed by atoms with Crippen molar-refractivity contribution < 1.29 is 9.84 Å². The maximum Gasteiger partial charge on any atom is 0.161 e. The van der Waals surface area contributed by atoms with Crippen LogP contribution in [0.15, 0.2) is 18.2 Å². The van der Waals surface area contributed by atoms with Crippen LogP contribution in [0, 0.1) is 0 Å². The van der Waals surface area contributed by atoms with Gasteiger partial charge in [0.15, 0.2) is 11.5 Å². The van der Waals surface area contributed by atoms with Crippen LogP contribution in [0.1, 0.15) is 24.8 Å². The monoisotopic (exact) mass is 195 g/mol. The smallest absolute Gasteiger partial charge is 0.161 e. The lowest BCUT2D eigenvalue weighted by Crippen LogP contribution is -2.05. The van der Waals surface area contributed by atoms with Crippen LogP contribution in [-0.4, -0.2) is 18.8 Å². The third-order valence-corrected chi connectivity index (χ3v) is 2.38. The predicted molar refractivity (Wildman–Crippen MR) is 56.7 cm³/mol. The molecule has 14 heavy (non-hydrogen) atoms. The van der Waals surface area contributed by atoms with Gasteiger partial charge in [-0.25, -0.2) is 0 Å². The van der Waals surface area contributed by atoms with Gasteiger partial charge in [0.1, 0.15) is 0 Å². The number of hydrogen-bond acceptors (Lipinski definition) is 3. The van der Waals surface area contributed by atoms with E-state index in [1.54, 1.807) is 13.2 Å². The van der Waals surface area contributed by atoms with Crippen LogP contribution in [0.25, 0.3) is 0 Å². The van der Waals surface area contributed by atoms with Crippen molar-refractivity contribution in [2.45, 2.75) is 19.3 Å². The van der Waals surface area contributed by atoms with E-state index in [1.165, 1.54) is 0 Å². The van der Waals surface area contributed by atoms with Crippen molar-refractivity contribution in [1.29, 1.82) is 0 Å². The fourth-order valence-electron chi connectivity index (χ4n) is 1.51. The van der Waals surface area contributed by atoms with Gasteiger partial charge in [0.25, 0.3) is 0 Å². The molecule has 0 heterocycles. The predicted octanol–water partition coefficient (Wildman–Crippen LogP) is 1.85. The van der Waals surface area contributed by atoms with Crippen LogP contribution in [0.3, 0.4) is 0 Å². The van der Waals surface area contributed by atoms with Gasteiger partial charge in [-0.05, 0) is 24.9 Å². The third-order valence-electron chi connectivity index (χ3n) is 2.38. The zero-order valence-corrected chi connectivity index (χ0v) is 8.66. The molecule has 3 heteroatoms. The maximum atomic E-state index is 9.82. The Balaban J connectivity index is 2.96. The Morgan fingerprint density at radius 2 is 2.21 bits per heavy atom. The molecule has 3 N–H and O–H groups in total. The van der Waals surface area contributed by atoms with E-state index in [9.17, 15) is 5.11 Å². The fourth-order valence-corrected chi connectivity index (χ4v) is 1.51. The second-order valence-electron chi connectivity index (χ2n) is 3.38. The summed E-state index contributed by atoms with van der Waals surface area (Å²) in [6.07, 6.45) is 0.862. The van der Waals surface area contributed by atoms with E-state index >= 15 is 0 Å². The summed E-state index contributed by atoms with van der Waals surface area (Å²) < 4.78 is 5.03. The lowest BCUT2D eigenvalue weighted by atomic mass is 9.96. The quantitative estimate of drug-likeness (QED) is 0.771. The van der Waals surface area contributed by atoms with Gasteiger partial charge in [0.2, 0.25) is 0 Å². The van der Waals surface area contributed by atoms with Crippen LogP contribution in [0.2, 0.25) is 0 Å². The first kappa shape index (κ1) is 10.9. The van der Waals surface area contributed by atoms with Crippen molar-refractivity contribution in [2.24, 2.45) is 5.73 Å². The van der Waals surface area contributed by atoms with Gasteiger partial charge in [-0.3, -0.25) is 0 Å². The van der Waals surface area contributed by atoms with Crippen molar-refractivity contribution in [3.63, 3.8) is 0 Å². The molecule has 78 valence electrons. The van der Waals surface area contributed by atoms with Crippen molar-refractivity contribution in [3.05, 3.63) is 23.8 Å². The van der Waals surface area contributed by atoms with E-state index in [0.717, 1.165) is 12.0 Å². The Bertz CT molecular complexity index is 299. The molecule has 1 aromatic rings. The first-order valence-electron chi connectivity index (χ1n) is 4.76. The van der Waals surface area contributed by atoms with Gasteiger partial charge < -0.3 is 15.6 Å². The molecular weight excluding hydrogens is 178 g/mol. The molecule has 1 atom stereocenters. The summed E-state index contributed by atoms with van der Waals surface area (Å²) in [7, 11) is 1.55. The number of para-hydroxylation sites is 1. The lowest BCUT2D eigenvalue weighted by Gasteiger charge is -2.14. The molecule has 3 nitrogen and oxygen atoms in total. The number of methoxy groups -OCH3 is 1. The van der Waals surface area contributed by atoms with E-state index in [-0.39, 0.29) is 11.7 Å². The maximum absolute atomic E-state index is 9.82. The summed E-state index contributed by atoms with van der Waals surface area (Å²) in [5, 5.41) is 9.82. The van der Waals surface area contributed by atoms with Gasteiger partial charge in [0.05, 0.1) is 7.11 Å². The minimum atomic E-state index is 0.232. The SMILES string of the molecule is COc1cccc(C(C)CCN)c1O. The second-order valence-corrected chi connectivity index (χ2v) is 3.38. The largest absolute Gasteiger partial charge is 0.504 e. The van der Waals surface area contributed by atoms with E-state index in [0.29, 0.717) is 12.3 Å². The molecule has 0 saturated heterocycles. The summed E-state index contributed by atoms with van der Waals surface area (Å²) in [6, 6.07) is 5.52. The second kappa shape index (κ2) is 4.86. The Morgan fingerprint density at radius 1 is 1.50 bits per heavy atom. The molecule has 0 bridgehead atoms. The third kappa shape index (κ3) is 2.17. The first-order chi connectivity index (χ1) is 6.70. The molecule has 1 aromatic carbocycles. The van der Waals surface area contributed by atoms with Crippen molar-refractivity contribution in [1.82, 2.24) is 0 Å². The topological polar surface area (TPSA) is 55.5 Å². The summed E-state index contributed by atoms with van der Waals surface area (Å²) in [6.45, 7) is 2.67. The first-order valence-corrected chi connectivity index (χ1v) is 4.76. The highest BCUT2D eigenvalue weighted by Crippen LogP contribution is 2.35. The number of nitrogens with two attached hydrogens (primary N) is 1. The zero-order chi connectivity index (χ0) is 10.6. The summed E-state index contributed by atoms with van der Waals surface area (Å²) in [5.74, 6) is 1.01. The van der Waals surface area contributed by atoms with Crippen LogP contribution in [0.4, 0.5) is 0 Å². The molecular formula is C11H17NO2. The fraction of sp³-hybridized carbons (Fsp3) is 0.455. The molecule has 1 rings (SSSR count). The van der Waals surface area contributed by atoms with Gasteiger partial charge in [-0.15, -0.1) is 0 Å². The zero-order valence-electron chi connectivity index (χ0n) is 8.66. The standard InChI is InChI=1S/C11H17NO2/c1-8(6-7-12)9-4-3-5-10(14-2)11(9)13/h3-5,8,13H,6-7,12H2,1-2H3. The van der Waals surface area contributed by atoms with Gasteiger partial charge in [-0.1, -0.05) is 19.1 Å². The molecule has 0 radical (unpaired) electrons. The average molecular weight is 195 g/mol. The van der Waals surface area contributed by atoms with E-state index in [2.05, 4.69) is 0 Å². The van der Waals surface area contributed by atoms with Gasteiger partial charge >= 0.3 is 0 Å². The van der Waals surface area contributed by atoms with Crippen LogP contribution in [-0.2, 0) is 0 Å². The molecule has 0 aliphatic rings. The van der Waals surface area contributed by atoms with Crippen molar-refractivity contribution >= 4 is 0 Å². The highest BCUT2D eigenvalue weighted by Gasteiger charge is 2.12. The molecule has 0 aromatic heterocycles. The number of hydrogen-bond donors (Lipinski definition) is 2. The Hall–Kier alpha value is -1.22. The van der Waals surface area contributed by atoms with Crippen LogP contribution >= 0.6 is 0 Å². The molecule has 0 fully saturated rings. The Labute approximate surface area is 84.5 Å². The normalized spacial score (nSPS) is 12.5. The summed E-state index contributed by atoms with van der Waals surface area (Å²) >= 11 is 0. The lowest BCUT2D eigenvalue weighted by molar-refractivity contribution is 0.368. The Morgan fingerprint density at radius 3 is 2.79 bits per heavy atom. The number of phenolic OH excluding ortho intramolecular Hbond substituents is 1. The minimum absolute atomic E-state index is 0.232. The molecule has 0 spiro atoms. The molecule has 0 aliphatic carbocycles. The number of benzene rings is 1. The summed E-state index contributed by atoms with van der Waals surface area (Å²) in [5.41, 5.74) is 6.37. The minimum Gasteiger partial charge on any atom is -0.504 e. The number of ether oxygens (including phenoxy) is 1. The number of phenols is 1. The van der Waals surface area contributed by atoms with Crippen LogP contribution in [0.5, 0.6) is 11.5 Å². The highest BCUT2D eigenvalue weighted by atomic mass is 16.5. The van der Waals surface area contributed by atoms with Gasteiger partial charge in [0, 0.05) is 5.56 Å². The Kier molecular flexibility index (Phi) is 3.77. The van der Waals surface area contributed by atoms with E-state index in [1.807, 2.05) is 19.1 Å². The van der Waals surface area contributed by atoms with Gasteiger partial charge in [-0.2, -0.15) is 0 Å². The number of rotatable bonds is 4. The molecule has 0 amide bonds. The highest BCUT2D eigenvalue weighted by molar-refractivity contribution is 5.46. The van der Waals surface area contributed by atoms with Crippen molar-refractivity contribution in [2.75, 3.05) is 13.7 Å². The van der Waals surface area contributed by atoms with Crippen LogP contribution < -0.4 is 10.5 Å². The average Bonchev–Trinajstić information content (AvgIpc) is 2.18. The number of aromatic hydroxyl groups is 1.